The van der Waals surface area contributed by atoms with Crippen molar-refractivity contribution in [3.63, 3.8) is 0 Å². The summed E-state index contributed by atoms with van der Waals surface area (Å²) in [7, 11) is 0. The number of aliphatic carboxylic acids is 1. The van der Waals surface area contributed by atoms with Crippen LogP contribution in [-0.4, -0.2) is 64.1 Å². The minimum absolute atomic E-state index is 0.0724. The summed E-state index contributed by atoms with van der Waals surface area (Å²) in [6.07, 6.45) is 0.555. The first-order chi connectivity index (χ1) is 17.7. The first kappa shape index (κ1) is 29.4. The summed E-state index contributed by atoms with van der Waals surface area (Å²) in [5.74, 6) is 2.69. The maximum Gasteiger partial charge on any atom is 0.306 e. The molecule has 2 aromatic carbocycles. The van der Waals surface area contributed by atoms with Gasteiger partial charge in [0.1, 0.15) is 12.6 Å². The molecule has 2 aromatic rings. The topological polar surface area (TPSA) is 167 Å². The highest BCUT2D eigenvalue weighted by Crippen LogP contribution is 2.17. The van der Waals surface area contributed by atoms with Crippen LogP contribution in [0.3, 0.4) is 0 Å². The summed E-state index contributed by atoms with van der Waals surface area (Å²) in [6.45, 7) is 1.04. The monoisotopic (exact) mass is 508 g/mol. The Morgan fingerprint density at radius 3 is 1.92 bits per heavy atom. The van der Waals surface area contributed by atoms with E-state index in [0.29, 0.717) is 36.1 Å². The second-order valence-electron chi connectivity index (χ2n) is 8.67. The lowest BCUT2D eigenvalue weighted by molar-refractivity contribution is -0.142. The molecule has 9 nitrogen and oxygen atoms in total. The second kappa shape index (κ2) is 14.7. The zero-order chi connectivity index (χ0) is 27.4. The summed E-state index contributed by atoms with van der Waals surface area (Å²) >= 11 is 0. The number of ketones is 2. The van der Waals surface area contributed by atoms with Crippen LogP contribution in [0, 0.1) is 17.8 Å². The van der Waals surface area contributed by atoms with Crippen LogP contribution in [0.5, 0.6) is 0 Å². The van der Waals surface area contributed by atoms with E-state index in [1.165, 1.54) is 19.1 Å². The number of hydrogen-bond acceptors (Lipinski definition) is 7. The van der Waals surface area contributed by atoms with Gasteiger partial charge in [0, 0.05) is 28.7 Å². The predicted molar refractivity (Wildman–Crippen MR) is 137 cm³/mol. The highest BCUT2D eigenvalue weighted by Gasteiger charge is 2.25. The van der Waals surface area contributed by atoms with Crippen molar-refractivity contribution in [2.75, 3.05) is 13.2 Å². The minimum Gasteiger partial charge on any atom is -0.481 e. The molecule has 9 heteroatoms. The number of nitrogens with one attached hydrogen (secondary N) is 1. The van der Waals surface area contributed by atoms with Gasteiger partial charge in [-0.25, -0.2) is 0 Å². The number of Topliss-reactive ketones (excluding diaryl/α,β-unsaturated/α-hetero) is 2. The average molecular weight is 509 g/mol. The standard InChI is InChI=1S/C28H32N2O7/c1-18(32)26(25(34)17-31)30-27(35)22-13-9-20(10-14-22)6-5-19-7-11-21(12-8-19)24(33)16-23(28(36)37)4-2-3-15-29/h7-14,18,23,26,31-32H,2-4,15-17,29H2,1H3,(H,30,35)(H,36,37)/t18-,23-,26+/m1/s1. The summed E-state index contributed by atoms with van der Waals surface area (Å²) in [5.41, 5.74) is 7.40. The molecule has 0 fully saturated rings. The summed E-state index contributed by atoms with van der Waals surface area (Å²) in [5, 5.41) is 30.4. The first-order valence-electron chi connectivity index (χ1n) is 12.0. The Morgan fingerprint density at radius 1 is 0.919 bits per heavy atom. The Bertz CT molecular complexity index is 1150. The Hall–Kier alpha value is -3.84. The van der Waals surface area contributed by atoms with E-state index < -0.39 is 42.3 Å². The third kappa shape index (κ3) is 9.28. The van der Waals surface area contributed by atoms with Crippen molar-refractivity contribution in [1.29, 1.82) is 0 Å². The SMILES string of the molecule is C[C@@H](O)[C@H](NC(=O)c1ccc(C#Cc2ccc(C(=O)C[C@@H](CCCCN)C(=O)O)cc2)cc1)C(=O)CO. The van der Waals surface area contributed by atoms with Gasteiger partial charge in [0.25, 0.3) is 5.91 Å². The number of rotatable bonds is 13. The van der Waals surface area contributed by atoms with Gasteiger partial charge in [-0.05, 0) is 62.7 Å². The van der Waals surface area contributed by atoms with Gasteiger partial charge in [-0.3, -0.25) is 19.2 Å². The average Bonchev–Trinajstić information content (AvgIpc) is 2.89. The molecular formula is C28H32N2O7. The molecular weight excluding hydrogens is 476 g/mol. The molecule has 0 aliphatic heterocycles. The van der Waals surface area contributed by atoms with Crippen molar-refractivity contribution in [2.45, 2.75) is 44.8 Å². The van der Waals surface area contributed by atoms with Crippen LogP contribution in [0.25, 0.3) is 0 Å². The van der Waals surface area contributed by atoms with Crippen molar-refractivity contribution >= 4 is 23.4 Å². The Labute approximate surface area is 215 Å². The minimum atomic E-state index is -1.21. The van der Waals surface area contributed by atoms with Gasteiger partial charge >= 0.3 is 5.97 Å². The number of aliphatic hydroxyl groups excluding tert-OH is 2. The number of carbonyl (C=O) groups is 4. The Balaban J connectivity index is 2.01. The lowest BCUT2D eigenvalue weighted by atomic mass is 9.93. The molecule has 0 unspecified atom stereocenters. The normalized spacial score (nSPS) is 13.0. The number of unbranched alkanes of at least 4 members (excludes halogenated alkanes) is 1. The molecule has 0 radical (unpaired) electrons. The molecule has 0 heterocycles. The Kier molecular flexibility index (Phi) is 11.6. The third-order valence-electron chi connectivity index (χ3n) is 5.76. The number of carboxylic acids is 1. The zero-order valence-corrected chi connectivity index (χ0v) is 20.6. The van der Waals surface area contributed by atoms with E-state index in [1.807, 2.05) is 0 Å². The molecule has 1 amide bonds. The maximum absolute atomic E-state index is 12.5. The highest BCUT2D eigenvalue weighted by atomic mass is 16.4. The molecule has 0 aliphatic carbocycles. The number of amides is 1. The number of benzene rings is 2. The van der Waals surface area contributed by atoms with E-state index in [1.54, 1.807) is 36.4 Å². The number of nitrogens with two attached hydrogens (primary N) is 1. The lowest BCUT2D eigenvalue weighted by Crippen LogP contribution is -2.48. The molecule has 0 saturated carbocycles. The molecule has 6 N–H and O–H groups in total. The quantitative estimate of drug-likeness (QED) is 0.154. The maximum atomic E-state index is 12.5. The van der Waals surface area contributed by atoms with Gasteiger partial charge < -0.3 is 26.4 Å². The van der Waals surface area contributed by atoms with Crippen LogP contribution >= 0.6 is 0 Å². The second-order valence-corrected chi connectivity index (χ2v) is 8.67. The van der Waals surface area contributed by atoms with Crippen molar-refractivity contribution in [1.82, 2.24) is 5.32 Å². The Morgan fingerprint density at radius 2 is 1.46 bits per heavy atom. The van der Waals surface area contributed by atoms with Crippen LogP contribution < -0.4 is 11.1 Å². The fraction of sp³-hybridized carbons (Fsp3) is 0.357. The molecule has 196 valence electrons. The van der Waals surface area contributed by atoms with E-state index in [-0.39, 0.29) is 17.8 Å². The number of carbonyl (C=O) groups excluding carboxylic acids is 3. The molecule has 0 bridgehead atoms. The predicted octanol–water partition coefficient (Wildman–Crippen LogP) is 1.53. The molecule has 0 spiro atoms. The van der Waals surface area contributed by atoms with Crippen LogP contribution in [0.15, 0.2) is 48.5 Å². The molecule has 3 atom stereocenters. The van der Waals surface area contributed by atoms with Gasteiger partial charge in [-0.15, -0.1) is 0 Å². The van der Waals surface area contributed by atoms with Crippen molar-refractivity contribution in [3.8, 4) is 11.8 Å². The summed E-state index contributed by atoms with van der Waals surface area (Å²) in [6, 6.07) is 11.7. The van der Waals surface area contributed by atoms with E-state index in [9.17, 15) is 29.4 Å². The van der Waals surface area contributed by atoms with Gasteiger partial charge in [0.15, 0.2) is 11.6 Å². The van der Waals surface area contributed by atoms with Gasteiger partial charge in [-0.1, -0.05) is 30.4 Å². The molecule has 37 heavy (non-hydrogen) atoms. The van der Waals surface area contributed by atoms with Gasteiger partial charge in [-0.2, -0.15) is 0 Å². The molecule has 0 aliphatic rings. The van der Waals surface area contributed by atoms with E-state index in [2.05, 4.69) is 17.2 Å². The van der Waals surface area contributed by atoms with Crippen LogP contribution in [0.2, 0.25) is 0 Å². The zero-order valence-electron chi connectivity index (χ0n) is 20.6. The smallest absolute Gasteiger partial charge is 0.306 e. The summed E-state index contributed by atoms with van der Waals surface area (Å²) in [4.78, 5) is 48.0. The van der Waals surface area contributed by atoms with E-state index in [0.717, 1.165) is 6.42 Å². The van der Waals surface area contributed by atoms with Crippen LogP contribution in [0.4, 0.5) is 0 Å². The largest absolute Gasteiger partial charge is 0.481 e. The van der Waals surface area contributed by atoms with Gasteiger partial charge in [0.2, 0.25) is 0 Å². The third-order valence-corrected chi connectivity index (χ3v) is 5.76. The fourth-order valence-corrected chi connectivity index (χ4v) is 3.57. The summed E-state index contributed by atoms with van der Waals surface area (Å²) < 4.78 is 0. The van der Waals surface area contributed by atoms with Crippen LogP contribution in [-0.2, 0) is 9.59 Å². The molecule has 0 saturated heterocycles. The number of aliphatic hydroxyl groups is 2. The van der Waals surface area contributed by atoms with Crippen molar-refractivity contribution in [2.24, 2.45) is 11.7 Å². The fourth-order valence-electron chi connectivity index (χ4n) is 3.57. The number of carboxylic acid groups (broad SMARTS) is 1. The van der Waals surface area contributed by atoms with Gasteiger partial charge in [0.05, 0.1) is 12.0 Å². The first-order valence-corrected chi connectivity index (χ1v) is 12.0. The molecule has 0 aromatic heterocycles. The van der Waals surface area contributed by atoms with Crippen molar-refractivity contribution < 1.29 is 34.5 Å². The highest BCUT2D eigenvalue weighted by molar-refractivity contribution is 5.99. The lowest BCUT2D eigenvalue weighted by Gasteiger charge is -2.19. The van der Waals surface area contributed by atoms with E-state index in [4.69, 9.17) is 10.8 Å². The number of hydrogen-bond donors (Lipinski definition) is 5. The molecule has 2 rings (SSSR count). The van der Waals surface area contributed by atoms with E-state index >= 15 is 0 Å². The van der Waals surface area contributed by atoms with Crippen molar-refractivity contribution in [3.05, 3.63) is 70.8 Å². The van der Waals surface area contributed by atoms with Crippen LogP contribution in [0.1, 0.15) is 64.4 Å².